The first-order valence-electron chi connectivity index (χ1n) is 8.40. The smallest absolute Gasteiger partial charge is 0.346 e. The quantitative estimate of drug-likeness (QED) is 0.505. The molecular weight excluding hydrogens is 348 g/mol. The number of ether oxygens (including phenoxy) is 3. The highest BCUT2D eigenvalue weighted by atomic mass is 16.6. The molecule has 6 nitrogen and oxygen atoms in total. The Balaban J connectivity index is 2.23. The molecule has 0 amide bonds. The molecule has 0 N–H and O–H groups in total. The van der Waals surface area contributed by atoms with Gasteiger partial charge in [0.15, 0.2) is 6.10 Å². The van der Waals surface area contributed by atoms with Gasteiger partial charge in [0.1, 0.15) is 17.1 Å². The monoisotopic (exact) mass is 368 g/mol. The molecule has 0 bridgehead atoms. The van der Waals surface area contributed by atoms with Gasteiger partial charge in [-0.2, -0.15) is 0 Å². The van der Waals surface area contributed by atoms with Crippen molar-refractivity contribution in [3.8, 4) is 22.6 Å². The zero-order valence-electron chi connectivity index (χ0n) is 15.6. The maximum absolute atomic E-state index is 12.1. The molecule has 0 unspecified atom stereocenters. The van der Waals surface area contributed by atoms with Crippen LogP contribution in [0.5, 0.6) is 11.5 Å². The van der Waals surface area contributed by atoms with Crippen LogP contribution in [-0.4, -0.2) is 26.3 Å². The second-order valence-corrected chi connectivity index (χ2v) is 6.13. The van der Waals surface area contributed by atoms with Crippen molar-refractivity contribution in [1.82, 2.24) is 0 Å². The minimum atomic E-state index is -0.810. The van der Waals surface area contributed by atoms with Crippen LogP contribution in [0.4, 0.5) is 0 Å². The Labute approximate surface area is 156 Å². The number of carbonyl (C=O) groups is 1. The summed E-state index contributed by atoms with van der Waals surface area (Å²) in [5, 5.41) is 0.612. The molecule has 1 aromatic heterocycles. The van der Waals surface area contributed by atoms with Crippen LogP contribution >= 0.6 is 0 Å². The summed E-state index contributed by atoms with van der Waals surface area (Å²) in [5.41, 5.74) is 2.21. The Morgan fingerprint density at radius 3 is 2.41 bits per heavy atom. The summed E-state index contributed by atoms with van der Waals surface area (Å²) in [6, 6.07) is 12.3. The molecule has 0 saturated carbocycles. The fourth-order valence-corrected chi connectivity index (χ4v) is 2.89. The van der Waals surface area contributed by atoms with Crippen molar-refractivity contribution in [2.45, 2.75) is 20.0 Å². The molecule has 6 heteroatoms. The van der Waals surface area contributed by atoms with Crippen LogP contribution in [-0.2, 0) is 9.53 Å². The van der Waals surface area contributed by atoms with Crippen LogP contribution in [0.2, 0.25) is 0 Å². The second kappa shape index (κ2) is 7.53. The third-order valence-corrected chi connectivity index (χ3v) is 4.19. The van der Waals surface area contributed by atoms with E-state index in [9.17, 15) is 9.59 Å². The van der Waals surface area contributed by atoms with E-state index < -0.39 is 17.7 Å². The highest BCUT2D eigenvalue weighted by Crippen LogP contribution is 2.36. The zero-order valence-corrected chi connectivity index (χ0v) is 15.6. The summed E-state index contributed by atoms with van der Waals surface area (Å²) in [6.07, 6.45) is -0.810. The second-order valence-electron chi connectivity index (χ2n) is 6.13. The number of hydrogen-bond acceptors (Lipinski definition) is 6. The van der Waals surface area contributed by atoms with E-state index in [4.69, 9.17) is 18.6 Å². The lowest BCUT2D eigenvalue weighted by atomic mass is 10.00. The highest BCUT2D eigenvalue weighted by Gasteiger charge is 2.20. The lowest BCUT2D eigenvalue weighted by molar-refractivity contribution is -0.147. The van der Waals surface area contributed by atoms with Crippen molar-refractivity contribution in [3.63, 3.8) is 0 Å². The third-order valence-electron chi connectivity index (χ3n) is 4.19. The van der Waals surface area contributed by atoms with Gasteiger partial charge in [-0.15, -0.1) is 0 Å². The average molecular weight is 368 g/mol. The van der Waals surface area contributed by atoms with E-state index in [1.807, 2.05) is 31.2 Å². The van der Waals surface area contributed by atoms with Crippen molar-refractivity contribution >= 4 is 16.9 Å². The van der Waals surface area contributed by atoms with Crippen molar-refractivity contribution in [1.29, 1.82) is 0 Å². The van der Waals surface area contributed by atoms with Crippen LogP contribution < -0.4 is 15.1 Å². The molecule has 0 aliphatic rings. The summed E-state index contributed by atoms with van der Waals surface area (Å²) >= 11 is 0. The average Bonchev–Trinajstić information content (AvgIpc) is 2.66. The molecule has 27 heavy (non-hydrogen) atoms. The van der Waals surface area contributed by atoms with Crippen LogP contribution in [0.25, 0.3) is 22.1 Å². The van der Waals surface area contributed by atoms with Crippen molar-refractivity contribution in [3.05, 3.63) is 58.4 Å². The summed E-state index contributed by atoms with van der Waals surface area (Å²) < 4.78 is 21.2. The molecule has 2 aromatic carbocycles. The number of hydrogen-bond donors (Lipinski definition) is 0. The van der Waals surface area contributed by atoms with E-state index in [1.165, 1.54) is 13.2 Å². The molecule has 140 valence electrons. The molecule has 0 saturated heterocycles. The van der Waals surface area contributed by atoms with Crippen LogP contribution in [0, 0.1) is 6.92 Å². The van der Waals surface area contributed by atoms with Crippen LogP contribution in [0.3, 0.4) is 0 Å². The fourth-order valence-electron chi connectivity index (χ4n) is 2.89. The number of methoxy groups -OCH3 is 2. The minimum absolute atomic E-state index is 0.389. The number of fused-ring (bicyclic) bond motifs is 1. The summed E-state index contributed by atoms with van der Waals surface area (Å²) in [7, 11) is 2.89. The largest absolute Gasteiger partial charge is 0.497 e. The lowest BCUT2D eigenvalue weighted by Gasteiger charge is -2.16. The molecule has 0 aliphatic carbocycles. The SMILES string of the molecule is COC(=O)[C@@H](C)Oc1cc(C)cc2oc(=O)cc(-c3ccc(OC)cc3)c12. The van der Waals surface area contributed by atoms with Gasteiger partial charge in [0.05, 0.1) is 19.6 Å². The predicted octanol–water partition coefficient (Wildman–Crippen LogP) is 3.72. The molecule has 1 atom stereocenters. The van der Waals surface area contributed by atoms with Gasteiger partial charge in [-0.1, -0.05) is 12.1 Å². The third kappa shape index (κ3) is 3.79. The van der Waals surface area contributed by atoms with Gasteiger partial charge in [-0.25, -0.2) is 9.59 Å². The van der Waals surface area contributed by atoms with Crippen LogP contribution in [0.1, 0.15) is 12.5 Å². The Bertz CT molecular complexity index is 1030. The number of esters is 1. The van der Waals surface area contributed by atoms with Crippen LogP contribution in [0.15, 0.2) is 51.7 Å². The molecule has 1 heterocycles. The summed E-state index contributed by atoms with van der Waals surface area (Å²) in [6.45, 7) is 3.46. The first-order valence-corrected chi connectivity index (χ1v) is 8.40. The highest BCUT2D eigenvalue weighted by molar-refractivity contribution is 5.98. The molecule has 3 rings (SSSR count). The maximum atomic E-state index is 12.1. The number of aryl methyl sites for hydroxylation is 1. The van der Waals surface area contributed by atoms with Gasteiger partial charge < -0.3 is 18.6 Å². The topological polar surface area (TPSA) is 75.0 Å². The fraction of sp³-hybridized carbons (Fsp3) is 0.238. The van der Waals surface area contributed by atoms with Gasteiger partial charge in [-0.3, -0.25) is 0 Å². The number of rotatable bonds is 5. The van der Waals surface area contributed by atoms with Crippen molar-refractivity contribution in [2.75, 3.05) is 14.2 Å². The van der Waals surface area contributed by atoms with Gasteiger partial charge in [0, 0.05) is 11.6 Å². The Kier molecular flexibility index (Phi) is 5.16. The van der Waals surface area contributed by atoms with Gasteiger partial charge in [-0.05, 0) is 49.2 Å². The molecule has 0 radical (unpaired) electrons. The molecule has 0 spiro atoms. The van der Waals surface area contributed by atoms with Crippen molar-refractivity contribution in [2.24, 2.45) is 0 Å². The van der Waals surface area contributed by atoms with E-state index in [2.05, 4.69) is 0 Å². The Hall–Kier alpha value is -3.28. The molecular formula is C21H20O6. The molecule has 0 fully saturated rings. The normalized spacial score (nSPS) is 11.9. The number of carbonyl (C=O) groups excluding carboxylic acids is 1. The van der Waals surface area contributed by atoms with E-state index >= 15 is 0 Å². The Morgan fingerprint density at radius 1 is 1.07 bits per heavy atom. The van der Waals surface area contributed by atoms with Crippen molar-refractivity contribution < 1.29 is 23.4 Å². The summed E-state index contributed by atoms with van der Waals surface area (Å²) in [5.74, 6) is 0.656. The van der Waals surface area contributed by atoms with E-state index in [0.717, 1.165) is 11.1 Å². The predicted molar refractivity (Wildman–Crippen MR) is 101 cm³/mol. The lowest BCUT2D eigenvalue weighted by Crippen LogP contribution is -2.25. The minimum Gasteiger partial charge on any atom is -0.497 e. The first-order chi connectivity index (χ1) is 12.9. The van der Waals surface area contributed by atoms with E-state index in [1.54, 1.807) is 26.2 Å². The standard InChI is InChI=1S/C21H20O6/c1-12-9-17(26-13(2)21(23)25-4)20-16(11-19(22)27-18(20)10-12)14-5-7-15(24-3)8-6-14/h5-11,13H,1-4H3/t13-/m1/s1. The van der Waals surface area contributed by atoms with Gasteiger partial charge in [0.25, 0.3) is 0 Å². The summed E-state index contributed by atoms with van der Waals surface area (Å²) in [4.78, 5) is 23.9. The van der Waals surface area contributed by atoms with Gasteiger partial charge in [0.2, 0.25) is 0 Å². The van der Waals surface area contributed by atoms with Gasteiger partial charge >= 0.3 is 11.6 Å². The first kappa shape index (κ1) is 18.5. The number of benzene rings is 2. The van der Waals surface area contributed by atoms with E-state index in [0.29, 0.717) is 28.0 Å². The molecule has 0 aliphatic heterocycles. The zero-order chi connectivity index (χ0) is 19.6. The maximum Gasteiger partial charge on any atom is 0.346 e. The molecule has 3 aromatic rings. The van der Waals surface area contributed by atoms with E-state index in [-0.39, 0.29) is 0 Å². The Morgan fingerprint density at radius 2 is 1.78 bits per heavy atom.